The van der Waals surface area contributed by atoms with Gasteiger partial charge in [-0.1, -0.05) is 39.0 Å². The van der Waals surface area contributed by atoms with Crippen LogP contribution in [-0.2, 0) is 22.7 Å². The standard InChI is InChI=1S/C26H26F6N2O2S/c1-24(2,3)13-34-12-18(22(23(28)29)33-37(35,36)25-10-14(25)11-25)17-8-20(27)16(9-21(17)34)15-6-4-5-7-19(15)26(30,31)32/h4-9,12,14,22-23,33H,10-11,13H2,1-3H3. The summed E-state index contributed by atoms with van der Waals surface area (Å²) in [6.07, 6.45) is -5.66. The fourth-order valence-electron chi connectivity index (χ4n) is 5.03. The van der Waals surface area contributed by atoms with Crippen LogP contribution in [0.25, 0.3) is 22.0 Å². The van der Waals surface area contributed by atoms with Crippen LogP contribution in [0.1, 0.15) is 50.8 Å². The molecular weight excluding hydrogens is 518 g/mol. The molecule has 200 valence electrons. The van der Waals surface area contributed by atoms with Crippen LogP contribution in [-0.4, -0.2) is 24.2 Å². The predicted octanol–water partition coefficient (Wildman–Crippen LogP) is 6.90. The monoisotopic (exact) mass is 544 g/mol. The molecule has 2 saturated carbocycles. The SMILES string of the molecule is CC(C)(C)Cn1cc(C(NS(=O)(=O)C23CC2C3)C(F)F)c2cc(F)c(-c3ccccc3C(F)(F)F)cc21. The quantitative estimate of drug-likeness (QED) is 0.329. The van der Waals surface area contributed by atoms with E-state index in [1.165, 1.54) is 24.4 Å². The molecule has 1 heterocycles. The minimum Gasteiger partial charge on any atom is -0.347 e. The van der Waals surface area contributed by atoms with E-state index in [1.807, 2.05) is 20.8 Å². The Morgan fingerprint density at radius 3 is 2.24 bits per heavy atom. The molecule has 0 aliphatic heterocycles. The zero-order valence-corrected chi connectivity index (χ0v) is 21.2. The number of rotatable bonds is 7. The fourth-order valence-corrected chi connectivity index (χ4v) is 7.11. The van der Waals surface area contributed by atoms with Gasteiger partial charge in [-0.15, -0.1) is 0 Å². The zero-order chi connectivity index (χ0) is 27.1. The van der Waals surface area contributed by atoms with E-state index in [0.29, 0.717) is 12.8 Å². The Kier molecular flexibility index (Phi) is 5.81. The molecule has 2 aromatic carbocycles. The molecule has 2 aliphatic carbocycles. The molecule has 1 aromatic heterocycles. The summed E-state index contributed by atoms with van der Waals surface area (Å²) in [5.41, 5.74) is -2.00. The highest BCUT2D eigenvalue weighted by atomic mass is 32.2. The number of sulfonamides is 1. The predicted molar refractivity (Wildman–Crippen MR) is 128 cm³/mol. The number of hydrogen-bond acceptors (Lipinski definition) is 2. The van der Waals surface area contributed by atoms with Gasteiger partial charge in [0, 0.05) is 34.8 Å². The van der Waals surface area contributed by atoms with Crippen molar-refractivity contribution < 1.29 is 34.8 Å². The highest BCUT2D eigenvalue weighted by Gasteiger charge is 2.78. The van der Waals surface area contributed by atoms with Crippen molar-refractivity contribution in [2.24, 2.45) is 11.3 Å². The maximum absolute atomic E-state index is 15.4. The van der Waals surface area contributed by atoms with Crippen LogP contribution in [0.2, 0.25) is 0 Å². The van der Waals surface area contributed by atoms with E-state index >= 15 is 4.39 Å². The second kappa shape index (κ2) is 8.23. The molecule has 1 N–H and O–H groups in total. The third kappa shape index (κ3) is 4.54. The number of aromatic nitrogens is 1. The average Bonchev–Trinajstić information content (AvgIpc) is 3.63. The Labute approximate surface area is 210 Å². The molecule has 11 heteroatoms. The van der Waals surface area contributed by atoms with E-state index in [4.69, 9.17) is 0 Å². The lowest BCUT2D eigenvalue weighted by Gasteiger charge is -2.20. The summed E-state index contributed by atoms with van der Waals surface area (Å²) in [6, 6.07) is 4.77. The minimum atomic E-state index is -4.74. The van der Waals surface area contributed by atoms with Crippen LogP contribution in [0.3, 0.4) is 0 Å². The van der Waals surface area contributed by atoms with Crippen molar-refractivity contribution in [1.82, 2.24) is 9.29 Å². The lowest BCUT2D eigenvalue weighted by Crippen LogP contribution is -2.37. The van der Waals surface area contributed by atoms with E-state index < -0.39 is 44.8 Å². The van der Waals surface area contributed by atoms with Crippen LogP contribution < -0.4 is 4.72 Å². The lowest BCUT2D eigenvalue weighted by molar-refractivity contribution is -0.137. The van der Waals surface area contributed by atoms with Gasteiger partial charge in [-0.2, -0.15) is 13.2 Å². The van der Waals surface area contributed by atoms with Gasteiger partial charge in [0.2, 0.25) is 10.0 Å². The molecule has 3 aromatic rings. The Hall–Kier alpha value is -2.53. The normalized spacial score (nSPS) is 22.4. The van der Waals surface area contributed by atoms with Crippen LogP contribution in [0.4, 0.5) is 26.3 Å². The highest BCUT2D eigenvalue weighted by Crippen LogP contribution is 2.71. The van der Waals surface area contributed by atoms with Gasteiger partial charge in [-0.3, -0.25) is 0 Å². The van der Waals surface area contributed by atoms with Crippen molar-refractivity contribution in [3.05, 3.63) is 59.5 Å². The van der Waals surface area contributed by atoms with Crippen LogP contribution >= 0.6 is 0 Å². The molecule has 0 radical (unpaired) electrons. The second-order valence-corrected chi connectivity index (χ2v) is 13.3. The van der Waals surface area contributed by atoms with Gasteiger partial charge >= 0.3 is 6.18 Å². The van der Waals surface area contributed by atoms with E-state index in [9.17, 15) is 30.4 Å². The zero-order valence-electron chi connectivity index (χ0n) is 20.3. The number of nitrogens with zero attached hydrogens (tertiary/aromatic N) is 1. The van der Waals surface area contributed by atoms with Gasteiger partial charge in [0.1, 0.15) is 11.9 Å². The first-order valence-electron chi connectivity index (χ1n) is 11.8. The second-order valence-electron chi connectivity index (χ2n) is 11.3. The van der Waals surface area contributed by atoms with Gasteiger partial charge in [0.15, 0.2) is 0 Å². The van der Waals surface area contributed by atoms with Gasteiger partial charge in [-0.25, -0.2) is 26.3 Å². The summed E-state index contributed by atoms with van der Waals surface area (Å²) in [5, 5.41) is 0.0173. The molecule has 0 bridgehead atoms. The number of fused-ring (bicyclic) bond motifs is 2. The first kappa shape index (κ1) is 26.1. The van der Waals surface area contributed by atoms with Crippen molar-refractivity contribution >= 4 is 20.9 Å². The minimum absolute atomic E-state index is 0.0146. The molecule has 1 atom stereocenters. The smallest absolute Gasteiger partial charge is 0.347 e. The summed E-state index contributed by atoms with van der Waals surface area (Å²) in [7, 11) is -4.04. The molecular formula is C26H26F6N2O2S. The molecule has 4 nitrogen and oxygen atoms in total. The van der Waals surface area contributed by atoms with Crippen molar-refractivity contribution in [2.45, 2.75) is 63.5 Å². The van der Waals surface area contributed by atoms with Gasteiger partial charge in [-0.05, 0) is 47.9 Å². The number of alkyl halides is 5. The Morgan fingerprint density at radius 2 is 1.70 bits per heavy atom. The first-order valence-corrected chi connectivity index (χ1v) is 13.3. The number of halogens is 6. The van der Waals surface area contributed by atoms with Crippen molar-refractivity contribution in [3.63, 3.8) is 0 Å². The van der Waals surface area contributed by atoms with E-state index in [-0.39, 0.29) is 45.5 Å². The number of hydrogen-bond donors (Lipinski definition) is 1. The van der Waals surface area contributed by atoms with Crippen molar-refractivity contribution in [1.29, 1.82) is 0 Å². The molecule has 0 spiro atoms. The number of nitrogens with one attached hydrogen (secondary N) is 1. The maximum Gasteiger partial charge on any atom is 0.417 e. The first-order chi connectivity index (χ1) is 17.0. The molecule has 5 rings (SSSR count). The number of benzene rings is 2. The van der Waals surface area contributed by atoms with Crippen LogP contribution in [0, 0.1) is 17.2 Å². The molecule has 2 aliphatic rings. The average molecular weight is 545 g/mol. The molecule has 37 heavy (non-hydrogen) atoms. The van der Waals surface area contributed by atoms with E-state index in [0.717, 1.165) is 18.2 Å². The van der Waals surface area contributed by atoms with Crippen LogP contribution in [0.15, 0.2) is 42.6 Å². The molecule has 0 saturated heterocycles. The van der Waals surface area contributed by atoms with E-state index in [1.54, 1.807) is 4.57 Å². The summed E-state index contributed by atoms with van der Waals surface area (Å²) < 4.78 is 113. The largest absolute Gasteiger partial charge is 0.417 e. The van der Waals surface area contributed by atoms with Crippen molar-refractivity contribution in [2.75, 3.05) is 0 Å². The summed E-state index contributed by atoms with van der Waals surface area (Å²) >= 11 is 0. The fraction of sp³-hybridized carbons (Fsp3) is 0.462. The molecule has 1 unspecified atom stereocenters. The maximum atomic E-state index is 15.4. The van der Waals surface area contributed by atoms with E-state index in [2.05, 4.69) is 4.72 Å². The van der Waals surface area contributed by atoms with Crippen LogP contribution in [0.5, 0.6) is 0 Å². The Balaban J connectivity index is 1.68. The summed E-state index contributed by atoms with van der Waals surface area (Å²) in [6.45, 7) is 5.92. The van der Waals surface area contributed by atoms with Crippen molar-refractivity contribution in [3.8, 4) is 11.1 Å². The molecule has 2 fully saturated rings. The van der Waals surface area contributed by atoms with Gasteiger partial charge < -0.3 is 4.57 Å². The lowest BCUT2D eigenvalue weighted by atomic mass is 9.95. The topological polar surface area (TPSA) is 51.1 Å². The molecule has 0 amide bonds. The highest BCUT2D eigenvalue weighted by molar-refractivity contribution is 7.91. The third-order valence-electron chi connectivity index (χ3n) is 7.18. The van der Waals surface area contributed by atoms with Gasteiger partial charge in [0.05, 0.1) is 10.3 Å². The third-order valence-corrected chi connectivity index (χ3v) is 9.48. The summed E-state index contributed by atoms with van der Waals surface area (Å²) in [4.78, 5) is 0. The Bertz CT molecular complexity index is 1480. The summed E-state index contributed by atoms with van der Waals surface area (Å²) in [5.74, 6) is -1.04. The Morgan fingerprint density at radius 1 is 1.08 bits per heavy atom. The van der Waals surface area contributed by atoms with Gasteiger partial charge in [0.25, 0.3) is 6.43 Å².